The van der Waals surface area contributed by atoms with Crippen LogP contribution in [0.2, 0.25) is 0 Å². The second-order valence-electron chi connectivity index (χ2n) is 6.47. The monoisotopic (exact) mass is 339 g/mol. The van der Waals surface area contributed by atoms with Crippen LogP contribution in [0.5, 0.6) is 0 Å². The van der Waals surface area contributed by atoms with Gasteiger partial charge in [0.25, 0.3) is 5.91 Å². The second kappa shape index (κ2) is 5.17. The predicted octanol–water partition coefficient (Wildman–Crippen LogP) is 3.05. The molecule has 0 radical (unpaired) electrons. The molecule has 1 N–H and O–H groups in total. The van der Waals surface area contributed by atoms with Crippen LogP contribution >= 0.6 is 15.9 Å². The first kappa shape index (κ1) is 14.1. The van der Waals surface area contributed by atoms with Crippen molar-refractivity contribution in [3.63, 3.8) is 0 Å². The van der Waals surface area contributed by atoms with Gasteiger partial charge in [-0.25, -0.2) is 0 Å². The van der Waals surface area contributed by atoms with Crippen molar-refractivity contribution in [1.82, 2.24) is 15.1 Å². The Balaban J connectivity index is 1.69. The summed E-state index contributed by atoms with van der Waals surface area (Å²) < 4.78 is 2.46. The van der Waals surface area contributed by atoms with Crippen molar-refractivity contribution < 1.29 is 4.79 Å². The minimum atomic E-state index is -0.0183. The average molecular weight is 340 g/mol. The molecule has 1 aromatic heterocycles. The van der Waals surface area contributed by atoms with Gasteiger partial charge in [0, 0.05) is 13.1 Å². The van der Waals surface area contributed by atoms with Crippen LogP contribution in [-0.2, 0) is 7.05 Å². The number of aryl methyl sites for hydroxylation is 2. The molecule has 2 aliphatic carbocycles. The first-order chi connectivity index (χ1) is 9.47. The highest BCUT2D eigenvalue weighted by Crippen LogP contribution is 2.49. The van der Waals surface area contributed by atoms with E-state index in [0.717, 1.165) is 22.0 Å². The second-order valence-corrected chi connectivity index (χ2v) is 7.27. The van der Waals surface area contributed by atoms with E-state index in [0.29, 0.717) is 11.6 Å². The SMILES string of the molecule is Cc1nn(C)c(C(=O)N[C@H](C)[C@@H]2C[C@@H]3CC[C@@H]2C3)c1Br. The zero-order valence-electron chi connectivity index (χ0n) is 12.3. The number of rotatable bonds is 3. The van der Waals surface area contributed by atoms with Gasteiger partial charge in [0.1, 0.15) is 5.69 Å². The molecule has 0 saturated heterocycles. The van der Waals surface area contributed by atoms with Crippen LogP contribution in [0.3, 0.4) is 0 Å². The molecule has 110 valence electrons. The molecule has 4 atom stereocenters. The molecule has 0 spiro atoms. The third-order valence-electron chi connectivity index (χ3n) is 5.16. The van der Waals surface area contributed by atoms with Crippen molar-refractivity contribution >= 4 is 21.8 Å². The first-order valence-corrected chi connectivity index (χ1v) is 8.26. The van der Waals surface area contributed by atoms with Gasteiger partial charge >= 0.3 is 0 Å². The van der Waals surface area contributed by atoms with E-state index in [1.807, 2.05) is 14.0 Å². The lowest BCUT2D eigenvalue weighted by Gasteiger charge is -2.28. The topological polar surface area (TPSA) is 46.9 Å². The van der Waals surface area contributed by atoms with Crippen LogP contribution in [0, 0.1) is 24.7 Å². The van der Waals surface area contributed by atoms with E-state index >= 15 is 0 Å². The van der Waals surface area contributed by atoms with E-state index in [1.165, 1.54) is 25.7 Å². The van der Waals surface area contributed by atoms with Crippen molar-refractivity contribution in [3.05, 3.63) is 15.9 Å². The summed E-state index contributed by atoms with van der Waals surface area (Å²) in [4.78, 5) is 12.5. The maximum atomic E-state index is 12.5. The number of carbonyl (C=O) groups excluding carboxylic acids is 1. The lowest BCUT2D eigenvalue weighted by molar-refractivity contribution is 0.0905. The van der Waals surface area contributed by atoms with Crippen molar-refractivity contribution in [2.24, 2.45) is 24.8 Å². The summed E-state index contributed by atoms with van der Waals surface area (Å²) in [5, 5.41) is 7.47. The lowest BCUT2D eigenvalue weighted by Crippen LogP contribution is -2.40. The smallest absolute Gasteiger partial charge is 0.270 e. The Morgan fingerprint density at radius 2 is 2.20 bits per heavy atom. The van der Waals surface area contributed by atoms with Crippen LogP contribution in [-0.4, -0.2) is 21.7 Å². The standard InChI is InChI=1S/C15H22BrN3O/c1-8(12-7-10-4-5-11(12)6-10)17-15(20)14-13(16)9(2)18-19(14)3/h8,10-12H,4-7H2,1-3H3,(H,17,20)/t8-,10-,11-,12+/m1/s1. The molecule has 0 unspecified atom stereocenters. The summed E-state index contributed by atoms with van der Waals surface area (Å²) in [6, 6.07) is 0.250. The number of amides is 1. The molecule has 0 aliphatic heterocycles. The van der Waals surface area contributed by atoms with E-state index in [-0.39, 0.29) is 11.9 Å². The molecule has 20 heavy (non-hydrogen) atoms. The van der Waals surface area contributed by atoms with Gasteiger partial charge in [-0.05, 0) is 66.8 Å². The Hall–Kier alpha value is -0.840. The van der Waals surface area contributed by atoms with Crippen LogP contribution in [0.15, 0.2) is 4.47 Å². The molecule has 1 heterocycles. The quantitative estimate of drug-likeness (QED) is 0.919. The number of nitrogens with zero attached hydrogens (tertiary/aromatic N) is 2. The summed E-state index contributed by atoms with van der Waals surface area (Å²) in [6.45, 7) is 4.06. The Kier molecular flexibility index (Phi) is 3.65. The summed E-state index contributed by atoms with van der Waals surface area (Å²) in [6.07, 6.45) is 5.41. The van der Waals surface area contributed by atoms with E-state index in [4.69, 9.17) is 0 Å². The third-order valence-corrected chi connectivity index (χ3v) is 6.11. The van der Waals surface area contributed by atoms with E-state index < -0.39 is 0 Å². The highest BCUT2D eigenvalue weighted by Gasteiger charge is 2.42. The maximum absolute atomic E-state index is 12.5. The van der Waals surface area contributed by atoms with E-state index in [9.17, 15) is 4.79 Å². The number of hydrogen-bond acceptors (Lipinski definition) is 2. The largest absolute Gasteiger partial charge is 0.348 e. The normalized spacial score (nSPS) is 29.7. The zero-order chi connectivity index (χ0) is 14.4. The zero-order valence-corrected chi connectivity index (χ0v) is 13.9. The number of aromatic nitrogens is 2. The summed E-state index contributed by atoms with van der Waals surface area (Å²) in [7, 11) is 1.81. The molecule has 1 aromatic rings. The number of nitrogens with one attached hydrogen (secondary N) is 1. The van der Waals surface area contributed by atoms with Crippen LogP contribution < -0.4 is 5.32 Å². The van der Waals surface area contributed by atoms with Crippen LogP contribution in [0.4, 0.5) is 0 Å². The van der Waals surface area contributed by atoms with Gasteiger partial charge in [-0.3, -0.25) is 9.48 Å². The van der Waals surface area contributed by atoms with Gasteiger partial charge < -0.3 is 5.32 Å². The summed E-state index contributed by atoms with van der Waals surface area (Å²) in [5.41, 5.74) is 1.47. The summed E-state index contributed by atoms with van der Waals surface area (Å²) >= 11 is 3.46. The molecule has 1 amide bonds. The fraction of sp³-hybridized carbons (Fsp3) is 0.733. The predicted molar refractivity (Wildman–Crippen MR) is 81.5 cm³/mol. The average Bonchev–Trinajstić information content (AvgIpc) is 3.05. The fourth-order valence-electron chi connectivity index (χ4n) is 4.17. The van der Waals surface area contributed by atoms with Gasteiger partial charge in [0.05, 0.1) is 10.2 Å². The van der Waals surface area contributed by atoms with Crippen molar-refractivity contribution in [2.45, 2.75) is 45.6 Å². The highest BCUT2D eigenvalue weighted by atomic mass is 79.9. The van der Waals surface area contributed by atoms with Gasteiger partial charge in [0.2, 0.25) is 0 Å². The maximum Gasteiger partial charge on any atom is 0.270 e. The molecule has 4 nitrogen and oxygen atoms in total. The first-order valence-electron chi connectivity index (χ1n) is 7.47. The van der Waals surface area contributed by atoms with Crippen molar-refractivity contribution in [2.75, 3.05) is 0 Å². The highest BCUT2D eigenvalue weighted by molar-refractivity contribution is 9.10. The molecular formula is C15H22BrN3O. The van der Waals surface area contributed by atoms with Gasteiger partial charge in [0.15, 0.2) is 0 Å². The molecule has 2 bridgehead atoms. The molecule has 2 fully saturated rings. The molecule has 3 rings (SSSR count). The Morgan fingerprint density at radius 3 is 2.70 bits per heavy atom. The van der Waals surface area contributed by atoms with E-state index in [2.05, 4.69) is 33.3 Å². The number of hydrogen-bond donors (Lipinski definition) is 1. The van der Waals surface area contributed by atoms with Gasteiger partial charge in [-0.1, -0.05) is 6.42 Å². The minimum absolute atomic E-state index is 0.0183. The van der Waals surface area contributed by atoms with Crippen LogP contribution in [0.1, 0.15) is 48.8 Å². The van der Waals surface area contributed by atoms with Crippen molar-refractivity contribution in [3.8, 4) is 0 Å². The minimum Gasteiger partial charge on any atom is -0.348 e. The molecule has 2 aliphatic rings. The third kappa shape index (κ3) is 2.30. The molecule has 2 saturated carbocycles. The number of carbonyl (C=O) groups is 1. The summed E-state index contributed by atoms with van der Waals surface area (Å²) in [5.74, 6) is 2.38. The Morgan fingerprint density at radius 1 is 1.45 bits per heavy atom. The van der Waals surface area contributed by atoms with Crippen LogP contribution in [0.25, 0.3) is 0 Å². The molecule has 0 aromatic carbocycles. The van der Waals surface area contributed by atoms with E-state index in [1.54, 1.807) is 4.68 Å². The van der Waals surface area contributed by atoms with Crippen molar-refractivity contribution in [1.29, 1.82) is 0 Å². The molecule has 5 heteroatoms. The van der Waals surface area contributed by atoms with Gasteiger partial charge in [-0.15, -0.1) is 0 Å². The Bertz CT molecular complexity index is 539. The number of fused-ring (bicyclic) bond motifs is 2. The van der Waals surface area contributed by atoms with Gasteiger partial charge in [-0.2, -0.15) is 5.10 Å². The fourth-order valence-corrected chi connectivity index (χ4v) is 4.68. The lowest BCUT2D eigenvalue weighted by atomic mass is 9.84. The molecular weight excluding hydrogens is 318 g/mol. The Labute approximate surface area is 128 Å². The number of halogens is 1.